The number of halogens is 1. The van der Waals surface area contributed by atoms with Crippen LogP contribution in [0.4, 0.5) is 9.18 Å². The second-order valence-corrected chi connectivity index (χ2v) is 3.18. The maximum absolute atomic E-state index is 12.8. The minimum absolute atomic E-state index is 0.397. The molecular weight excluding hydrogens is 211 g/mol. The normalized spacial score (nSPS) is 18.4. The van der Waals surface area contributed by atoms with Gasteiger partial charge in [-0.3, -0.25) is 10.1 Å². The van der Waals surface area contributed by atoms with Crippen LogP contribution in [0.15, 0.2) is 24.3 Å². The molecule has 1 aromatic rings. The summed E-state index contributed by atoms with van der Waals surface area (Å²) in [7, 11) is 0. The van der Waals surface area contributed by atoms with Gasteiger partial charge >= 0.3 is 6.03 Å². The Morgan fingerprint density at radius 3 is 2.75 bits per heavy atom. The molecule has 0 spiro atoms. The van der Waals surface area contributed by atoms with Gasteiger partial charge in [-0.05, 0) is 18.2 Å². The van der Waals surface area contributed by atoms with Crippen molar-refractivity contribution in [2.24, 2.45) is 0 Å². The lowest BCUT2D eigenvalue weighted by atomic mass is 10.2. The van der Waals surface area contributed by atoms with Gasteiger partial charge < -0.3 is 5.32 Å². The van der Waals surface area contributed by atoms with E-state index in [9.17, 15) is 14.0 Å². The Morgan fingerprint density at radius 2 is 2.12 bits per heavy atom. The Bertz CT molecular complexity index is 516. The third kappa shape index (κ3) is 2.17. The van der Waals surface area contributed by atoms with Crippen LogP contribution in [0.5, 0.6) is 0 Å². The number of carbonyl (C=O) groups excluding carboxylic acids is 2. The predicted octanol–water partition coefficient (Wildman–Crippen LogP) is 0.385. The number of urea groups is 1. The zero-order valence-corrected chi connectivity index (χ0v) is 8.08. The van der Waals surface area contributed by atoms with Gasteiger partial charge in [-0.15, -0.1) is 0 Å². The van der Waals surface area contributed by atoms with Crippen molar-refractivity contribution in [2.45, 2.75) is 6.04 Å². The van der Waals surface area contributed by atoms with Crippen LogP contribution in [0, 0.1) is 17.7 Å². The first kappa shape index (κ1) is 10.2. The van der Waals surface area contributed by atoms with Crippen molar-refractivity contribution >= 4 is 11.9 Å². The second-order valence-electron chi connectivity index (χ2n) is 3.18. The van der Waals surface area contributed by atoms with Gasteiger partial charge in [0.25, 0.3) is 5.91 Å². The molecule has 1 aromatic carbocycles. The zero-order valence-electron chi connectivity index (χ0n) is 8.08. The molecule has 0 saturated carbocycles. The van der Waals surface area contributed by atoms with E-state index in [4.69, 9.17) is 0 Å². The highest BCUT2D eigenvalue weighted by molar-refractivity contribution is 6.05. The molecule has 80 valence electrons. The van der Waals surface area contributed by atoms with E-state index in [2.05, 4.69) is 17.2 Å². The number of benzene rings is 1. The molecule has 5 heteroatoms. The number of hydrogen-bond donors (Lipinski definition) is 2. The standard InChI is InChI=1S/C11H7FN2O2/c12-8-3-1-2-7(6-8)4-5-9-10(15)14-11(16)13-9/h1-3,6,9H,(H2,13,14,15,16). The molecule has 1 aliphatic rings. The fraction of sp³-hybridized carbons (Fsp3) is 0.0909. The average molecular weight is 218 g/mol. The van der Waals surface area contributed by atoms with Crippen LogP contribution < -0.4 is 10.6 Å². The summed E-state index contributed by atoms with van der Waals surface area (Å²) in [5.74, 6) is 4.27. The summed E-state index contributed by atoms with van der Waals surface area (Å²) in [6.45, 7) is 0. The second kappa shape index (κ2) is 4.03. The molecule has 0 bridgehead atoms. The fourth-order valence-electron chi connectivity index (χ4n) is 1.24. The van der Waals surface area contributed by atoms with Crippen LogP contribution in [-0.4, -0.2) is 18.0 Å². The van der Waals surface area contributed by atoms with Crippen molar-refractivity contribution < 1.29 is 14.0 Å². The quantitative estimate of drug-likeness (QED) is 0.488. The third-order valence-corrected chi connectivity index (χ3v) is 1.96. The molecule has 0 radical (unpaired) electrons. The summed E-state index contributed by atoms with van der Waals surface area (Å²) in [5, 5.41) is 4.37. The lowest BCUT2D eigenvalue weighted by Gasteiger charge is -1.95. The van der Waals surface area contributed by atoms with E-state index in [0.29, 0.717) is 5.56 Å². The first-order chi connectivity index (χ1) is 7.65. The average Bonchev–Trinajstić information content (AvgIpc) is 2.54. The van der Waals surface area contributed by atoms with Crippen LogP contribution in [-0.2, 0) is 4.79 Å². The van der Waals surface area contributed by atoms with Gasteiger partial charge in [0.15, 0.2) is 6.04 Å². The zero-order chi connectivity index (χ0) is 11.5. The molecule has 16 heavy (non-hydrogen) atoms. The highest BCUT2D eigenvalue weighted by atomic mass is 19.1. The van der Waals surface area contributed by atoms with Crippen molar-refractivity contribution in [2.75, 3.05) is 0 Å². The van der Waals surface area contributed by atoms with E-state index in [1.54, 1.807) is 6.07 Å². The first-order valence-corrected chi connectivity index (χ1v) is 4.53. The molecule has 1 unspecified atom stereocenters. The van der Waals surface area contributed by atoms with Gasteiger partial charge in [-0.1, -0.05) is 17.9 Å². The highest BCUT2D eigenvalue weighted by Gasteiger charge is 2.27. The number of imide groups is 1. The Kier molecular flexibility index (Phi) is 2.56. The Labute approximate surface area is 90.8 Å². The molecular formula is C11H7FN2O2. The smallest absolute Gasteiger partial charge is 0.316 e. The van der Waals surface area contributed by atoms with E-state index in [1.165, 1.54) is 18.2 Å². The summed E-state index contributed by atoms with van der Waals surface area (Å²) in [6.07, 6.45) is 0. The number of carbonyl (C=O) groups is 2. The summed E-state index contributed by atoms with van der Waals surface area (Å²) in [4.78, 5) is 21.9. The highest BCUT2D eigenvalue weighted by Crippen LogP contribution is 2.01. The molecule has 1 atom stereocenters. The Morgan fingerprint density at radius 1 is 1.31 bits per heavy atom. The lowest BCUT2D eigenvalue weighted by molar-refractivity contribution is -0.119. The van der Waals surface area contributed by atoms with Crippen LogP contribution in [0.1, 0.15) is 5.56 Å². The summed E-state index contributed by atoms with van der Waals surface area (Å²) < 4.78 is 12.8. The molecule has 2 rings (SSSR count). The SMILES string of the molecule is O=C1NC(=O)C(C#Cc2cccc(F)c2)N1. The molecule has 1 fully saturated rings. The van der Waals surface area contributed by atoms with Crippen LogP contribution in [0.25, 0.3) is 0 Å². The van der Waals surface area contributed by atoms with Gasteiger partial charge in [0, 0.05) is 5.56 Å². The molecule has 1 saturated heterocycles. The van der Waals surface area contributed by atoms with E-state index >= 15 is 0 Å². The van der Waals surface area contributed by atoms with Crippen LogP contribution in [0.3, 0.4) is 0 Å². The van der Waals surface area contributed by atoms with Crippen molar-refractivity contribution in [1.82, 2.24) is 10.6 Å². The van der Waals surface area contributed by atoms with E-state index in [0.717, 1.165) is 0 Å². The molecule has 1 heterocycles. The summed E-state index contributed by atoms with van der Waals surface area (Å²) in [5.41, 5.74) is 0.453. The number of rotatable bonds is 0. The minimum atomic E-state index is -0.865. The number of amides is 3. The summed E-state index contributed by atoms with van der Waals surface area (Å²) in [6, 6.07) is 4.26. The monoisotopic (exact) mass is 218 g/mol. The van der Waals surface area contributed by atoms with Crippen molar-refractivity contribution in [3.8, 4) is 11.8 Å². The maximum Gasteiger partial charge on any atom is 0.322 e. The fourth-order valence-corrected chi connectivity index (χ4v) is 1.24. The first-order valence-electron chi connectivity index (χ1n) is 4.53. The van der Waals surface area contributed by atoms with Gasteiger partial charge in [-0.25, -0.2) is 9.18 Å². The Balaban J connectivity index is 2.16. The molecule has 4 nitrogen and oxygen atoms in total. The minimum Gasteiger partial charge on any atom is -0.316 e. The Hall–Kier alpha value is -2.35. The molecule has 0 aromatic heterocycles. The van der Waals surface area contributed by atoms with Crippen LogP contribution in [0.2, 0.25) is 0 Å². The maximum atomic E-state index is 12.8. The third-order valence-electron chi connectivity index (χ3n) is 1.96. The van der Waals surface area contributed by atoms with Gasteiger partial charge in [0.2, 0.25) is 0 Å². The van der Waals surface area contributed by atoms with Gasteiger partial charge in [0.1, 0.15) is 5.82 Å². The van der Waals surface area contributed by atoms with Crippen molar-refractivity contribution in [3.05, 3.63) is 35.6 Å². The predicted molar refractivity (Wildman–Crippen MR) is 53.7 cm³/mol. The number of hydrogen-bond acceptors (Lipinski definition) is 2. The van der Waals surface area contributed by atoms with Crippen molar-refractivity contribution in [3.63, 3.8) is 0 Å². The van der Waals surface area contributed by atoms with Gasteiger partial charge in [0.05, 0.1) is 0 Å². The van der Waals surface area contributed by atoms with Crippen LogP contribution >= 0.6 is 0 Å². The molecule has 1 aliphatic heterocycles. The molecule has 0 aliphatic carbocycles. The topological polar surface area (TPSA) is 58.2 Å². The van der Waals surface area contributed by atoms with Crippen molar-refractivity contribution in [1.29, 1.82) is 0 Å². The molecule has 3 amide bonds. The largest absolute Gasteiger partial charge is 0.322 e. The lowest BCUT2D eigenvalue weighted by Crippen LogP contribution is -2.26. The van der Waals surface area contributed by atoms with E-state index < -0.39 is 23.8 Å². The summed E-state index contributed by atoms with van der Waals surface area (Å²) >= 11 is 0. The van der Waals surface area contributed by atoms with E-state index in [-0.39, 0.29) is 0 Å². The molecule has 2 N–H and O–H groups in total. The van der Waals surface area contributed by atoms with Gasteiger partial charge in [-0.2, -0.15) is 0 Å². The van der Waals surface area contributed by atoms with E-state index in [1.807, 2.05) is 5.32 Å². The number of nitrogens with one attached hydrogen (secondary N) is 2.